The quantitative estimate of drug-likeness (QED) is 0.104. The summed E-state index contributed by atoms with van der Waals surface area (Å²) in [4.78, 5) is 49.0. The van der Waals surface area contributed by atoms with Crippen LogP contribution >= 0.6 is 0 Å². The molecule has 0 radical (unpaired) electrons. The van der Waals surface area contributed by atoms with Crippen LogP contribution in [0, 0.1) is 5.41 Å². The molecule has 13 heteroatoms. The zero-order chi connectivity index (χ0) is 42.0. The van der Waals surface area contributed by atoms with Gasteiger partial charge in [-0.05, 0) is 77.8 Å². The zero-order valence-corrected chi connectivity index (χ0v) is 37.5. The van der Waals surface area contributed by atoms with Gasteiger partial charge >= 0.3 is 5.97 Å². The van der Waals surface area contributed by atoms with Gasteiger partial charge in [-0.25, -0.2) is 15.0 Å². The Morgan fingerprint density at radius 1 is 0.932 bits per heavy atom. The van der Waals surface area contributed by atoms with Crippen molar-refractivity contribution in [3.05, 3.63) is 71.3 Å². The van der Waals surface area contributed by atoms with Crippen LogP contribution in [0.5, 0.6) is 0 Å². The number of methoxy groups -OCH3 is 1. The first kappa shape index (κ1) is 40.8. The number of carbonyl (C=O) groups excluding carboxylic acids is 2. The van der Waals surface area contributed by atoms with Gasteiger partial charge < -0.3 is 28.8 Å². The number of hydrogen-bond acceptors (Lipinski definition) is 10. The third-order valence-corrected chi connectivity index (χ3v) is 20.2. The highest BCUT2D eigenvalue weighted by Gasteiger charge is 2.48. The van der Waals surface area contributed by atoms with Crippen molar-refractivity contribution in [3.63, 3.8) is 0 Å². The molecule has 0 atom stereocenters. The summed E-state index contributed by atoms with van der Waals surface area (Å²) in [6.07, 6.45) is 5.45. The normalized spacial score (nSPS) is 17.1. The zero-order valence-electron chi connectivity index (χ0n) is 36.5. The predicted molar refractivity (Wildman–Crippen MR) is 238 cm³/mol. The van der Waals surface area contributed by atoms with Crippen molar-refractivity contribution >= 4 is 59.4 Å². The number of nitrogens with one attached hydrogen (secondary N) is 1. The molecule has 1 fully saturated rings. The Bertz CT molecular complexity index is 2370. The van der Waals surface area contributed by atoms with Crippen molar-refractivity contribution in [2.24, 2.45) is 5.41 Å². The monoisotopic (exact) mass is 816 g/mol. The van der Waals surface area contributed by atoms with Crippen LogP contribution in [0.3, 0.4) is 0 Å². The van der Waals surface area contributed by atoms with E-state index in [1.54, 1.807) is 11.1 Å². The summed E-state index contributed by atoms with van der Waals surface area (Å²) in [5.41, 5.74) is 9.75. The Morgan fingerprint density at radius 2 is 1.66 bits per heavy atom. The molecule has 0 spiro atoms. The summed E-state index contributed by atoms with van der Waals surface area (Å²) in [5, 5.41) is 4.64. The van der Waals surface area contributed by atoms with Crippen molar-refractivity contribution in [2.75, 3.05) is 62.0 Å². The van der Waals surface area contributed by atoms with E-state index in [4.69, 9.17) is 24.1 Å². The number of amides is 1. The van der Waals surface area contributed by atoms with E-state index in [-0.39, 0.29) is 17.7 Å². The van der Waals surface area contributed by atoms with Crippen LogP contribution in [0.4, 0.5) is 23.0 Å². The van der Waals surface area contributed by atoms with Crippen molar-refractivity contribution in [2.45, 2.75) is 97.8 Å². The predicted octanol–water partition coefficient (Wildman–Crippen LogP) is 7.97. The van der Waals surface area contributed by atoms with Crippen molar-refractivity contribution in [3.8, 4) is 11.3 Å². The Kier molecular flexibility index (Phi) is 10.7. The summed E-state index contributed by atoms with van der Waals surface area (Å²) in [6.45, 7) is 23.6. The lowest BCUT2D eigenvalue weighted by Crippen LogP contribution is -2.55. The minimum absolute atomic E-state index is 0.0804. The van der Waals surface area contributed by atoms with Gasteiger partial charge in [-0.15, -0.1) is 0 Å². The maximum atomic E-state index is 14.4. The first-order valence-corrected chi connectivity index (χ1v) is 23.5. The van der Waals surface area contributed by atoms with E-state index < -0.39 is 14.0 Å². The molecule has 7 heterocycles. The van der Waals surface area contributed by atoms with Gasteiger partial charge in [0.15, 0.2) is 5.58 Å². The molecule has 1 saturated heterocycles. The summed E-state index contributed by atoms with van der Waals surface area (Å²) < 4.78 is 14.4. The Balaban J connectivity index is 1.24. The largest absolute Gasteiger partial charge is 0.469 e. The van der Waals surface area contributed by atoms with Crippen LogP contribution in [0.15, 0.2) is 53.2 Å². The highest BCUT2D eigenvalue weighted by Crippen LogP contribution is 2.44. The van der Waals surface area contributed by atoms with E-state index in [1.807, 2.05) is 24.4 Å². The minimum atomic E-state index is -2.22. The molecule has 1 N–H and O–H groups in total. The molecule has 8 rings (SSSR count). The molecule has 0 aromatic carbocycles. The van der Waals surface area contributed by atoms with Crippen LogP contribution in [0.1, 0.15) is 82.7 Å². The second-order valence-electron chi connectivity index (χ2n) is 18.6. The number of piperazine rings is 1. The number of rotatable bonds is 11. The topological polar surface area (TPSA) is 122 Å². The van der Waals surface area contributed by atoms with Crippen LogP contribution in [0.2, 0.25) is 16.6 Å². The van der Waals surface area contributed by atoms with Crippen LogP contribution < -0.4 is 20.5 Å². The molecular weight excluding hydrogens is 757 g/mol. The fraction of sp³-hybridized carbons (Fsp3) is 0.500. The number of ether oxygens (including phenoxy) is 1. The highest BCUT2D eigenvalue weighted by atomic mass is 28.3. The molecule has 12 nitrogen and oxygen atoms in total. The smallest absolute Gasteiger partial charge is 0.310 e. The van der Waals surface area contributed by atoms with Crippen LogP contribution in [-0.2, 0) is 35.3 Å². The van der Waals surface area contributed by atoms with Crippen LogP contribution in [0.25, 0.3) is 22.4 Å². The molecule has 312 valence electrons. The lowest BCUT2D eigenvalue weighted by atomic mass is 9.90. The molecule has 3 aliphatic rings. The Labute approximate surface area is 349 Å². The number of esters is 1. The maximum Gasteiger partial charge on any atom is 0.310 e. The minimum Gasteiger partial charge on any atom is -0.469 e. The summed E-state index contributed by atoms with van der Waals surface area (Å²) in [7, 11) is 1.32. The summed E-state index contributed by atoms with van der Waals surface area (Å²) in [6, 6.07) is 12.2. The van der Waals surface area contributed by atoms with Crippen molar-refractivity contribution < 1.29 is 18.7 Å². The number of fused-ring (bicyclic) bond motifs is 4. The van der Waals surface area contributed by atoms with Crippen molar-refractivity contribution in [1.29, 1.82) is 0 Å². The van der Waals surface area contributed by atoms with Gasteiger partial charge in [0.2, 0.25) is 0 Å². The van der Waals surface area contributed by atoms with E-state index in [2.05, 4.69) is 100 Å². The van der Waals surface area contributed by atoms with Gasteiger partial charge in [-0.2, -0.15) is 0 Å². The van der Waals surface area contributed by atoms with Gasteiger partial charge in [-0.1, -0.05) is 55.4 Å². The molecule has 0 bridgehead atoms. The number of aromatic nitrogens is 4. The average Bonchev–Trinajstić information content (AvgIpc) is 3.86. The SMILES string of the molecule is COC(=O)Cc1c(-c2cc(Nc3ccc(N4CCN(C)CC4)cn3)c3oc([Si](C(C)C)(C(C)C)C(C)C)cc3n2)ccnc1N1CCn2c(cc3c2CC(C)(C)C3)C1=O. The molecule has 59 heavy (non-hydrogen) atoms. The van der Waals surface area contributed by atoms with E-state index >= 15 is 0 Å². The molecular formula is C46H60N8O4Si. The summed E-state index contributed by atoms with van der Waals surface area (Å²) >= 11 is 0. The highest BCUT2D eigenvalue weighted by molar-refractivity contribution is 6.94. The number of pyridine rings is 3. The lowest BCUT2D eigenvalue weighted by Gasteiger charge is -2.40. The van der Waals surface area contributed by atoms with E-state index in [0.29, 0.717) is 69.4 Å². The third-order valence-electron chi connectivity index (χ3n) is 13.4. The van der Waals surface area contributed by atoms with Gasteiger partial charge in [0.05, 0.1) is 42.2 Å². The number of hydrogen-bond donors (Lipinski definition) is 1. The second-order valence-corrected chi connectivity index (χ2v) is 24.5. The van der Waals surface area contributed by atoms with E-state index in [0.717, 1.165) is 61.3 Å². The molecule has 0 saturated carbocycles. The molecule has 5 aromatic heterocycles. The molecule has 5 aromatic rings. The number of anilines is 4. The van der Waals surface area contributed by atoms with Gasteiger partial charge in [0, 0.05) is 68.4 Å². The Hall–Kier alpha value is -5.01. The lowest BCUT2D eigenvalue weighted by molar-refractivity contribution is -0.139. The number of likely N-dealkylation sites (N-methyl/N-ethyl adjacent to an activating group) is 1. The number of carbonyl (C=O) groups is 2. The second kappa shape index (κ2) is 15.5. The van der Waals surface area contributed by atoms with E-state index in [9.17, 15) is 9.59 Å². The standard InChI is InChI=1S/C46H60N8O4Si/c1-28(2)59(29(3)4,30(5)6)42-24-37-43(58-42)36(50-40-12-11-32(27-48-40)52-17-15-51(9)16-18-52)23-35(49-37)33-13-14-47-44(34(33)22-41(55)57-10)54-20-19-53-38(45(54)56)21-31-25-46(7,8)26-39(31)53/h11-14,21,23-24,27-30H,15-20,22,25-26H2,1-10H3,(H,48,49,50). The number of nitrogens with zero attached hydrogens (tertiary/aromatic N) is 7. The molecule has 0 unspecified atom stereocenters. The summed E-state index contributed by atoms with van der Waals surface area (Å²) in [5.74, 6) is 0.586. The van der Waals surface area contributed by atoms with Gasteiger partial charge in [0.25, 0.3) is 5.91 Å². The van der Waals surface area contributed by atoms with E-state index in [1.165, 1.54) is 18.4 Å². The van der Waals surface area contributed by atoms with Crippen molar-refractivity contribution in [1.82, 2.24) is 24.4 Å². The average molecular weight is 817 g/mol. The fourth-order valence-electron chi connectivity index (χ4n) is 10.6. The van der Waals surface area contributed by atoms with Gasteiger partial charge in [0.1, 0.15) is 30.9 Å². The third kappa shape index (κ3) is 7.23. The fourth-order valence-corrected chi connectivity index (χ4v) is 17.0. The molecule has 1 amide bonds. The first-order chi connectivity index (χ1) is 28.1. The van der Waals surface area contributed by atoms with Gasteiger partial charge in [-0.3, -0.25) is 14.5 Å². The molecule has 2 aliphatic heterocycles. The first-order valence-electron chi connectivity index (χ1n) is 21.3. The van der Waals surface area contributed by atoms with Crippen LogP contribution in [-0.4, -0.2) is 91.3 Å². The maximum absolute atomic E-state index is 14.4. The Morgan fingerprint density at radius 3 is 2.32 bits per heavy atom. The number of furan rings is 1. The molecule has 1 aliphatic carbocycles.